The smallest absolute Gasteiger partial charge is 0.311 e. The highest BCUT2D eigenvalue weighted by molar-refractivity contribution is 5.97. The summed E-state index contributed by atoms with van der Waals surface area (Å²) in [5.74, 6) is -1.16. The molecule has 0 saturated heterocycles. The summed E-state index contributed by atoms with van der Waals surface area (Å²) >= 11 is 0. The molecule has 2 aromatic rings. The zero-order valence-electron chi connectivity index (χ0n) is 12.8. The van der Waals surface area contributed by atoms with E-state index >= 15 is 0 Å². The van der Waals surface area contributed by atoms with Crippen molar-refractivity contribution in [2.75, 3.05) is 7.05 Å². The summed E-state index contributed by atoms with van der Waals surface area (Å²) in [7, 11) is 1.64. The number of carbonyl (C=O) groups excluding carboxylic acids is 1. The summed E-state index contributed by atoms with van der Waals surface area (Å²) in [5, 5.41) is 12.8. The molecule has 0 aliphatic rings. The predicted octanol–water partition coefficient (Wildman–Crippen LogP) is 2.04. The van der Waals surface area contributed by atoms with E-state index in [4.69, 9.17) is 14.0 Å². The fourth-order valence-electron chi connectivity index (χ4n) is 2.27. The van der Waals surface area contributed by atoms with Gasteiger partial charge in [-0.2, -0.15) is 0 Å². The topological polar surface area (TPSA) is 96.8 Å². The number of amides is 1. The van der Waals surface area contributed by atoms with E-state index in [9.17, 15) is 9.59 Å². The van der Waals surface area contributed by atoms with Crippen LogP contribution in [0.4, 0.5) is 0 Å². The van der Waals surface area contributed by atoms with Crippen molar-refractivity contribution in [3.8, 4) is 0 Å². The van der Waals surface area contributed by atoms with E-state index in [1.54, 1.807) is 14.0 Å². The lowest BCUT2D eigenvalue weighted by Gasteiger charge is -2.17. The lowest BCUT2D eigenvalue weighted by atomic mass is 10.1. The highest BCUT2D eigenvalue weighted by Crippen LogP contribution is 2.20. The normalized spacial score (nSPS) is 10.7. The third-order valence-electron chi connectivity index (χ3n) is 3.39. The van der Waals surface area contributed by atoms with Crippen LogP contribution in [0.5, 0.6) is 0 Å². The van der Waals surface area contributed by atoms with Crippen molar-refractivity contribution >= 4 is 11.9 Å². The highest BCUT2D eigenvalue weighted by Gasteiger charge is 2.24. The third kappa shape index (κ3) is 3.19. The summed E-state index contributed by atoms with van der Waals surface area (Å²) < 4.78 is 10.1. The number of carboxylic acids is 1. The fraction of sp³-hybridized carbons (Fsp3) is 0.400. The molecule has 0 spiro atoms. The Labute approximate surface area is 127 Å². The van der Waals surface area contributed by atoms with Gasteiger partial charge >= 0.3 is 5.97 Å². The Kier molecular flexibility index (Phi) is 4.65. The first-order valence-electron chi connectivity index (χ1n) is 6.90. The molecule has 2 rings (SSSR count). The van der Waals surface area contributed by atoms with Gasteiger partial charge in [0.05, 0.1) is 24.1 Å². The maximum atomic E-state index is 12.6. The quantitative estimate of drug-likeness (QED) is 0.877. The van der Waals surface area contributed by atoms with Gasteiger partial charge in [0, 0.05) is 18.2 Å². The molecule has 118 valence electrons. The zero-order chi connectivity index (χ0) is 16.3. The molecule has 2 aromatic heterocycles. The lowest BCUT2D eigenvalue weighted by Crippen LogP contribution is -2.27. The minimum absolute atomic E-state index is 0.169. The highest BCUT2D eigenvalue weighted by atomic mass is 16.5. The van der Waals surface area contributed by atoms with Gasteiger partial charge in [-0.3, -0.25) is 9.59 Å². The van der Waals surface area contributed by atoms with E-state index < -0.39 is 5.97 Å². The van der Waals surface area contributed by atoms with Gasteiger partial charge in [-0.25, -0.2) is 0 Å². The van der Waals surface area contributed by atoms with Crippen molar-refractivity contribution in [2.24, 2.45) is 0 Å². The molecular formula is C15H18N2O5. The van der Waals surface area contributed by atoms with Crippen LogP contribution in [-0.4, -0.2) is 34.1 Å². The molecule has 1 amide bonds. The first-order chi connectivity index (χ1) is 10.4. The Morgan fingerprint density at radius 1 is 1.36 bits per heavy atom. The van der Waals surface area contributed by atoms with Crippen LogP contribution >= 0.6 is 0 Å². The van der Waals surface area contributed by atoms with Gasteiger partial charge in [0.25, 0.3) is 5.91 Å². The predicted molar refractivity (Wildman–Crippen MR) is 76.5 cm³/mol. The Balaban J connectivity index is 2.20. The van der Waals surface area contributed by atoms with Crippen molar-refractivity contribution in [1.82, 2.24) is 10.1 Å². The second-order valence-electron chi connectivity index (χ2n) is 5.09. The van der Waals surface area contributed by atoms with Gasteiger partial charge in [-0.15, -0.1) is 0 Å². The second kappa shape index (κ2) is 6.46. The van der Waals surface area contributed by atoms with E-state index in [0.717, 1.165) is 11.3 Å². The monoisotopic (exact) mass is 306 g/mol. The number of furan rings is 1. The number of hydrogen-bond donors (Lipinski definition) is 1. The van der Waals surface area contributed by atoms with Gasteiger partial charge in [0.15, 0.2) is 0 Å². The van der Waals surface area contributed by atoms with Crippen LogP contribution in [0.15, 0.2) is 21.5 Å². The summed E-state index contributed by atoms with van der Waals surface area (Å²) in [4.78, 5) is 24.9. The number of aliphatic carboxylic acids is 1. The van der Waals surface area contributed by atoms with E-state index in [0.29, 0.717) is 24.1 Å². The number of aromatic nitrogens is 1. The first kappa shape index (κ1) is 15.8. The molecule has 0 bridgehead atoms. The van der Waals surface area contributed by atoms with Crippen molar-refractivity contribution in [2.45, 2.75) is 33.2 Å². The Bertz CT molecular complexity index is 686. The lowest BCUT2D eigenvalue weighted by molar-refractivity contribution is -0.136. The molecule has 0 unspecified atom stereocenters. The molecule has 7 nitrogen and oxygen atoms in total. The number of rotatable bonds is 6. The average Bonchev–Trinajstić information content (AvgIpc) is 3.04. The number of carbonyl (C=O) groups is 2. The van der Waals surface area contributed by atoms with Crippen molar-refractivity contribution in [3.05, 3.63) is 40.7 Å². The van der Waals surface area contributed by atoms with E-state index in [1.807, 2.05) is 6.92 Å². The number of aryl methyl sites for hydroxylation is 2. The van der Waals surface area contributed by atoms with Gasteiger partial charge in [-0.1, -0.05) is 12.1 Å². The molecule has 1 N–H and O–H groups in total. The van der Waals surface area contributed by atoms with Crippen LogP contribution in [0.3, 0.4) is 0 Å². The van der Waals surface area contributed by atoms with E-state index in [2.05, 4.69) is 5.16 Å². The molecule has 0 fully saturated rings. The van der Waals surface area contributed by atoms with Gasteiger partial charge in [0.1, 0.15) is 18.4 Å². The largest absolute Gasteiger partial charge is 0.481 e. The standard InChI is InChI=1S/C15H18N2O5/c1-4-11-10(8-22-16-11)6-17(3)15(20)14-9(2)7-21-12(14)5-13(18)19/h7-8H,4-6H2,1-3H3,(H,18,19). The number of hydrogen-bond acceptors (Lipinski definition) is 5. The van der Waals surface area contributed by atoms with Gasteiger partial charge in [0.2, 0.25) is 0 Å². The van der Waals surface area contributed by atoms with Crippen LogP contribution in [0.2, 0.25) is 0 Å². The molecule has 0 aliphatic heterocycles. The van der Waals surface area contributed by atoms with Crippen LogP contribution in [0, 0.1) is 6.92 Å². The molecule has 2 heterocycles. The van der Waals surface area contributed by atoms with Gasteiger partial charge < -0.3 is 18.9 Å². The number of nitrogens with zero attached hydrogens (tertiary/aromatic N) is 2. The van der Waals surface area contributed by atoms with Crippen LogP contribution in [0.1, 0.15) is 39.9 Å². The maximum Gasteiger partial charge on any atom is 0.311 e. The fourth-order valence-corrected chi connectivity index (χ4v) is 2.27. The summed E-state index contributed by atoms with van der Waals surface area (Å²) in [6, 6.07) is 0. The zero-order valence-corrected chi connectivity index (χ0v) is 12.8. The Morgan fingerprint density at radius 3 is 2.73 bits per heavy atom. The molecule has 0 aromatic carbocycles. The minimum Gasteiger partial charge on any atom is -0.481 e. The molecule has 0 radical (unpaired) electrons. The second-order valence-corrected chi connectivity index (χ2v) is 5.09. The Hall–Kier alpha value is -2.57. The van der Waals surface area contributed by atoms with Crippen molar-refractivity contribution < 1.29 is 23.6 Å². The van der Waals surface area contributed by atoms with Crippen LogP contribution in [0.25, 0.3) is 0 Å². The van der Waals surface area contributed by atoms with E-state index in [1.165, 1.54) is 17.4 Å². The Morgan fingerprint density at radius 2 is 2.09 bits per heavy atom. The number of carboxylic acid groups (broad SMARTS) is 1. The third-order valence-corrected chi connectivity index (χ3v) is 3.39. The molecule has 0 saturated carbocycles. The molecular weight excluding hydrogens is 288 g/mol. The average molecular weight is 306 g/mol. The summed E-state index contributed by atoms with van der Waals surface area (Å²) in [6.45, 7) is 4.00. The SMILES string of the molecule is CCc1nocc1CN(C)C(=O)c1c(C)coc1CC(=O)O. The summed E-state index contributed by atoms with van der Waals surface area (Å²) in [6.07, 6.45) is 3.30. The van der Waals surface area contributed by atoms with Gasteiger partial charge in [-0.05, 0) is 13.3 Å². The molecule has 0 atom stereocenters. The maximum absolute atomic E-state index is 12.6. The van der Waals surface area contributed by atoms with Crippen LogP contribution < -0.4 is 0 Å². The van der Waals surface area contributed by atoms with Crippen molar-refractivity contribution in [1.29, 1.82) is 0 Å². The first-order valence-corrected chi connectivity index (χ1v) is 6.90. The minimum atomic E-state index is -1.04. The van der Waals surface area contributed by atoms with Crippen molar-refractivity contribution in [3.63, 3.8) is 0 Å². The van der Waals surface area contributed by atoms with E-state index in [-0.39, 0.29) is 18.1 Å². The molecule has 7 heteroatoms. The summed E-state index contributed by atoms with van der Waals surface area (Å²) in [5.41, 5.74) is 2.56. The van der Waals surface area contributed by atoms with Crippen LogP contribution in [-0.2, 0) is 24.2 Å². The molecule has 0 aliphatic carbocycles. The molecule has 22 heavy (non-hydrogen) atoms.